The van der Waals surface area contributed by atoms with Crippen LogP contribution in [-0.2, 0) is 4.79 Å². The van der Waals surface area contributed by atoms with Gasteiger partial charge < -0.3 is 14.4 Å². The SMILES string of the molecule is O=C(COc1ccccc1F)N1CCOc2ccc(F)cc21. The number of rotatable bonds is 3. The van der Waals surface area contributed by atoms with E-state index >= 15 is 0 Å². The number of amides is 1. The molecule has 4 nitrogen and oxygen atoms in total. The summed E-state index contributed by atoms with van der Waals surface area (Å²) < 4.78 is 37.4. The van der Waals surface area contributed by atoms with E-state index in [1.54, 1.807) is 6.07 Å². The van der Waals surface area contributed by atoms with Crippen LogP contribution in [0.4, 0.5) is 14.5 Å². The van der Waals surface area contributed by atoms with Gasteiger partial charge in [0, 0.05) is 6.07 Å². The maximum atomic E-state index is 13.5. The smallest absolute Gasteiger partial charge is 0.265 e. The Hall–Kier alpha value is -2.63. The first-order valence-corrected chi connectivity index (χ1v) is 6.75. The quantitative estimate of drug-likeness (QED) is 0.875. The van der Waals surface area contributed by atoms with Gasteiger partial charge in [0.2, 0.25) is 0 Å². The van der Waals surface area contributed by atoms with Crippen molar-refractivity contribution in [2.45, 2.75) is 0 Å². The number of hydrogen-bond acceptors (Lipinski definition) is 3. The fraction of sp³-hybridized carbons (Fsp3) is 0.188. The number of para-hydroxylation sites is 1. The van der Waals surface area contributed by atoms with Crippen molar-refractivity contribution in [3.05, 3.63) is 54.1 Å². The van der Waals surface area contributed by atoms with E-state index in [-0.39, 0.29) is 18.9 Å². The largest absolute Gasteiger partial charge is 0.490 e. The Morgan fingerprint density at radius 1 is 1.23 bits per heavy atom. The minimum Gasteiger partial charge on any atom is -0.490 e. The lowest BCUT2D eigenvalue weighted by Crippen LogP contribution is -2.40. The summed E-state index contributed by atoms with van der Waals surface area (Å²) in [6.07, 6.45) is 0. The minimum atomic E-state index is -0.538. The number of fused-ring (bicyclic) bond motifs is 1. The molecule has 0 fully saturated rings. The number of anilines is 1. The highest BCUT2D eigenvalue weighted by Crippen LogP contribution is 2.32. The van der Waals surface area contributed by atoms with Crippen molar-refractivity contribution in [2.24, 2.45) is 0 Å². The summed E-state index contributed by atoms with van der Waals surface area (Å²) in [6, 6.07) is 9.81. The molecule has 0 atom stereocenters. The van der Waals surface area contributed by atoms with Gasteiger partial charge in [-0.15, -0.1) is 0 Å². The lowest BCUT2D eigenvalue weighted by atomic mass is 10.2. The van der Waals surface area contributed by atoms with Crippen LogP contribution in [0.2, 0.25) is 0 Å². The molecule has 0 N–H and O–H groups in total. The lowest BCUT2D eigenvalue weighted by Gasteiger charge is -2.29. The highest BCUT2D eigenvalue weighted by molar-refractivity contribution is 5.96. The summed E-state index contributed by atoms with van der Waals surface area (Å²) in [7, 11) is 0. The molecule has 1 amide bonds. The van der Waals surface area contributed by atoms with Crippen molar-refractivity contribution >= 4 is 11.6 Å². The highest BCUT2D eigenvalue weighted by Gasteiger charge is 2.24. The van der Waals surface area contributed by atoms with Gasteiger partial charge in [-0.2, -0.15) is 0 Å². The predicted molar refractivity (Wildman–Crippen MR) is 76.1 cm³/mol. The van der Waals surface area contributed by atoms with Crippen LogP contribution in [0.5, 0.6) is 11.5 Å². The molecule has 0 unspecified atom stereocenters. The predicted octanol–water partition coefficient (Wildman–Crippen LogP) is 2.77. The third-order valence-corrected chi connectivity index (χ3v) is 3.27. The van der Waals surface area contributed by atoms with Crippen LogP contribution in [0.3, 0.4) is 0 Å². The maximum absolute atomic E-state index is 13.5. The molecule has 114 valence electrons. The lowest BCUT2D eigenvalue weighted by molar-refractivity contribution is -0.120. The van der Waals surface area contributed by atoms with Gasteiger partial charge in [0.25, 0.3) is 5.91 Å². The summed E-state index contributed by atoms with van der Waals surface area (Å²) in [5.74, 6) is -0.949. The second-order valence-electron chi connectivity index (χ2n) is 4.72. The standard InChI is InChI=1S/C16H13F2NO3/c17-11-5-6-15-13(9-11)19(7-8-21-15)16(20)10-22-14-4-2-1-3-12(14)18/h1-6,9H,7-8,10H2. The molecular weight excluding hydrogens is 292 g/mol. The Labute approximate surface area is 125 Å². The van der Waals surface area contributed by atoms with Gasteiger partial charge in [-0.25, -0.2) is 8.78 Å². The van der Waals surface area contributed by atoms with Crippen molar-refractivity contribution in [1.29, 1.82) is 0 Å². The normalized spacial score (nSPS) is 13.3. The molecular formula is C16H13F2NO3. The van der Waals surface area contributed by atoms with E-state index < -0.39 is 17.5 Å². The zero-order valence-electron chi connectivity index (χ0n) is 11.6. The van der Waals surface area contributed by atoms with Crippen LogP contribution in [-0.4, -0.2) is 25.7 Å². The fourth-order valence-corrected chi connectivity index (χ4v) is 2.23. The minimum absolute atomic E-state index is 0.00331. The van der Waals surface area contributed by atoms with Crippen LogP contribution in [0.1, 0.15) is 0 Å². The van der Waals surface area contributed by atoms with Gasteiger partial charge in [-0.3, -0.25) is 4.79 Å². The Bertz CT molecular complexity index is 706. The first kappa shape index (κ1) is 14.3. The second-order valence-corrected chi connectivity index (χ2v) is 4.72. The fourth-order valence-electron chi connectivity index (χ4n) is 2.23. The van der Waals surface area contributed by atoms with E-state index in [1.165, 1.54) is 41.3 Å². The number of nitrogens with zero attached hydrogens (tertiary/aromatic N) is 1. The number of benzene rings is 2. The Morgan fingerprint density at radius 2 is 2.05 bits per heavy atom. The summed E-state index contributed by atoms with van der Waals surface area (Å²) in [5, 5.41) is 0. The van der Waals surface area contributed by atoms with Crippen LogP contribution in [0.15, 0.2) is 42.5 Å². The third-order valence-electron chi connectivity index (χ3n) is 3.27. The Kier molecular flexibility index (Phi) is 3.91. The Morgan fingerprint density at radius 3 is 2.86 bits per heavy atom. The van der Waals surface area contributed by atoms with Crippen LogP contribution < -0.4 is 14.4 Å². The average molecular weight is 305 g/mol. The van der Waals surface area contributed by atoms with Crippen molar-refractivity contribution < 1.29 is 23.0 Å². The molecule has 2 aromatic carbocycles. The zero-order chi connectivity index (χ0) is 15.5. The molecule has 2 aromatic rings. The first-order chi connectivity index (χ1) is 10.6. The molecule has 1 aliphatic heterocycles. The van der Waals surface area contributed by atoms with Gasteiger partial charge in [-0.05, 0) is 24.3 Å². The van der Waals surface area contributed by atoms with Crippen LogP contribution >= 0.6 is 0 Å². The molecule has 0 radical (unpaired) electrons. The summed E-state index contributed by atoms with van der Waals surface area (Å²) >= 11 is 0. The van der Waals surface area contributed by atoms with E-state index in [9.17, 15) is 13.6 Å². The molecule has 3 rings (SSSR count). The van der Waals surface area contributed by atoms with E-state index in [0.29, 0.717) is 18.0 Å². The van der Waals surface area contributed by atoms with Crippen LogP contribution in [0, 0.1) is 11.6 Å². The van der Waals surface area contributed by atoms with Crippen molar-refractivity contribution in [1.82, 2.24) is 0 Å². The topological polar surface area (TPSA) is 38.8 Å². The van der Waals surface area contributed by atoms with Crippen molar-refractivity contribution in [3.8, 4) is 11.5 Å². The molecule has 0 saturated carbocycles. The van der Waals surface area contributed by atoms with Crippen molar-refractivity contribution in [2.75, 3.05) is 24.7 Å². The Balaban J connectivity index is 1.74. The van der Waals surface area contributed by atoms with Gasteiger partial charge in [0.05, 0.1) is 12.2 Å². The number of ether oxygens (including phenoxy) is 2. The van der Waals surface area contributed by atoms with Gasteiger partial charge >= 0.3 is 0 Å². The number of halogens is 2. The van der Waals surface area contributed by atoms with E-state index in [1.807, 2.05) is 0 Å². The van der Waals surface area contributed by atoms with Gasteiger partial charge in [-0.1, -0.05) is 12.1 Å². The molecule has 6 heteroatoms. The molecule has 1 heterocycles. The number of carbonyl (C=O) groups is 1. The molecule has 0 saturated heterocycles. The monoisotopic (exact) mass is 305 g/mol. The molecule has 22 heavy (non-hydrogen) atoms. The zero-order valence-corrected chi connectivity index (χ0v) is 11.6. The maximum Gasteiger partial charge on any atom is 0.265 e. The van der Waals surface area contributed by atoms with Gasteiger partial charge in [0.15, 0.2) is 18.2 Å². The van der Waals surface area contributed by atoms with Crippen LogP contribution in [0.25, 0.3) is 0 Å². The van der Waals surface area contributed by atoms with E-state index in [4.69, 9.17) is 9.47 Å². The van der Waals surface area contributed by atoms with Crippen molar-refractivity contribution in [3.63, 3.8) is 0 Å². The molecule has 0 aromatic heterocycles. The summed E-state index contributed by atoms with van der Waals surface area (Å²) in [4.78, 5) is 13.6. The first-order valence-electron chi connectivity index (χ1n) is 6.75. The van der Waals surface area contributed by atoms with E-state index in [2.05, 4.69) is 0 Å². The number of carbonyl (C=O) groups excluding carboxylic acids is 1. The molecule has 1 aliphatic rings. The second kappa shape index (κ2) is 6.01. The number of hydrogen-bond donors (Lipinski definition) is 0. The summed E-state index contributed by atoms with van der Waals surface area (Å²) in [5.41, 5.74) is 0.355. The summed E-state index contributed by atoms with van der Waals surface area (Å²) in [6.45, 7) is 0.261. The van der Waals surface area contributed by atoms with E-state index in [0.717, 1.165) is 0 Å². The molecule has 0 bridgehead atoms. The van der Waals surface area contributed by atoms with Gasteiger partial charge in [0.1, 0.15) is 18.2 Å². The molecule has 0 aliphatic carbocycles. The molecule has 0 spiro atoms. The average Bonchev–Trinajstić information content (AvgIpc) is 2.53. The highest BCUT2D eigenvalue weighted by atomic mass is 19.1. The third kappa shape index (κ3) is 2.86.